The highest BCUT2D eigenvalue weighted by atomic mass is 16.7. The Morgan fingerprint density at radius 1 is 1.16 bits per heavy atom. The number of hydrogen-bond acceptors (Lipinski definition) is 8. The van der Waals surface area contributed by atoms with Crippen molar-refractivity contribution < 1.29 is 33.4 Å². The molecule has 1 amide bonds. The quantitative estimate of drug-likeness (QED) is 0.132. The van der Waals surface area contributed by atoms with Gasteiger partial charge in [-0.15, -0.1) is 0 Å². The van der Waals surface area contributed by atoms with Crippen molar-refractivity contribution in [1.29, 1.82) is 0 Å². The van der Waals surface area contributed by atoms with Crippen molar-refractivity contribution in [2.24, 2.45) is 10.9 Å². The van der Waals surface area contributed by atoms with Gasteiger partial charge in [0.2, 0.25) is 5.76 Å². The van der Waals surface area contributed by atoms with Crippen LogP contribution in [0.25, 0.3) is 0 Å². The number of esters is 2. The number of ether oxygens (including phenoxy) is 3. The summed E-state index contributed by atoms with van der Waals surface area (Å²) in [5.41, 5.74) is 6.22. The van der Waals surface area contributed by atoms with Gasteiger partial charge in [0.25, 0.3) is 0 Å². The van der Waals surface area contributed by atoms with E-state index >= 15 is 0 Å². The summed E-state index contributed by atoms with van der Waals surface area (Å²) in [5, 5.41) is 3.85. The lowest BCUT2D eigenvalue weighted by Crippen LogP contribution is -2.54. The molecule has 2 N–H and O–H groups in total. The highest BCUT2D eigenvalue weighted by Gasteiger charge is 2.57. The minimum atomic E-state index is -0.922. The van der Waals surface area contributed by atoms with E-state index in [2.05, 4.69) is 14.6 Å². The average molecular weight is 431 g/mol. The fourth-order valence-electron chi connectivity index (χ4n) is 3.99. The standard InChI is InChI=1S/C21H25N3O7/c1-28-17(25)12-16(18(26)29-2)31-23-19(22)21-10-8-15(9-11-21)24(21)20(27)30-13-14-6-4-3-5-7-14/h3-7,12,15H,8-11,13H2,1-2H3,(H2,22,23). The summed E-state index contributed by atoms with van der Waals surface area (Å²) in [7, 11) is 2.28. The van der Waals surface area contributed by atoms with Crippen LogP contribution in [0.15, 0.2) is 47.3 Å². The maximum Gasteiger partial charge on any atom is 0.411 e. The molecular weight excluding hydrogens is 406 g/mol. The average Bonchev–Trinajstić information content (AvgIpc) is 3.37. The van der Waals surface area contributed by atoms with E-state index in [1.807, 2.05) is 30.3 Å². The zero-order chi connectivity index (χ0) is 22.4. The molecule has 2 aliphatic heterocycles. The first-order valence-electron chi connectivity index (χ1n) is 9.80. The van der Waals surface area contributed by atoms with Crippen LogP contribution in [0.5, 0.6) is 0 Å². The molecule has 2 aliphatic rings. The molecule has 0 saturated carbocycles. The largest absolute Gasteiger partial charge is 0.466 e. The monoisotopic (exact) mass is 431 g/mol. The van der Waals surface area contributed by atoms with Crippen molar-refractivity contribution in [3.63, 3.8) is 0 Å². The lowest BCUT2D eigenvalue weighted by molar-refractivity contribution is -0.142. The van der Waals surface area contributed by atoms with Crippen molar-refractivity contribution in [3.8, 4) is 0 Å². The molecule has 2 bridgehead atoms. The molecule has 1 aromatic carbocycles. The fourth-order valence-corrected chi connectivity index (χ4v) is 3.99. The highest BCUT2D eigenvalue weighted by molar-refractivity contribution is 5.96. The Labute approximate surface area is 179 Å². The van der Waals surface area contributed by atoms with Gasteiger partial charge in [0, 0.05) is 6.04 Å². The van der Waals surface area contributed by atoms with Crippen molar-refractivity contribution in [3.05, 3.63) is 47.7 Å². The number of amides is 1. The van der Waals surface area contributed by atoms with Crippen LogP contribution in [0.3, 0.4) is 0 Å². The zero-order valence-corrected chi connectivity index (χ0v) is 17.4. The Balaban J connectivity index is 1.75. The molecular formula is C21H25N3O7. The number of fused-ring (bicyclic) bond motifs is 2. The smallest absolute Gasteiger partial charge is 0.411 e. The second-order valence-electron chi connectivity index (χ2n) is 7.26. The van der Waals surface area contributed by atoms with Crippen molar-refractivity contribution in [2.45, 2.75) is 43.9 Å². The molecule has 2 fully saturated rings. The van der Waals surface area contributed by atoms with Crippen LogP contribution in [0, 0.1) is 0 Å². The van der Waals surface area contributed by atoms with Crippen LogP contribution in [-0.4, -0.2) is 54.6 Å². The summed E-state index contributed by atoms with van der Waals surface area (Å²) < 4.78 is 14.6. The Kier molecular flexibility index (Phi) is 6.78. The van der Waals surface area contributed by atoms with Crippen molar-refractivity contribution in [2.75, 3.05) is 14.2 Å². The second-order valence-corrected chi connectivity index (χ2v) is 7.26. The number of nitrogens with two attached hydrogens (primary N) is 1. The van der Waals surface area contributed by atoms with E-state index in [4.69, 9.17) is 15.3 Å². The molecule has 3 rings (SSSR count). The molecule has 0 unspecified atom stereocenters. The number of methoxy groups -OCH3 is 2. The molecule has 166 valence electrons. The summed E-state index contributed by atoms with van der Waals surface area (Å²) >= 11 is 0. The van der Waals surface area contributed by atoms with Crippen LogP contribution < -0.4 is 5.73 Å². The van der Waals surface area contributed by atoms with Gasteiger partial charge in [0.1, 0.15) is 12.1 Å². The van der Waals surface area contributed by atoms with Gasteiger partial charge in [-0.3, -0.25) is 4.90 Å². The third-order valence-corrected chi connectivity index (χ3v) is 5.57. The van der Waals surface area contributed by atoms with E-state index in [0.717, 1.165) is 38.7 Å². The Morgan fingerprint density at radius 2 is 1.84 bits per heavy atom. The van der Waals surface area contributed by atoms with Crippen LogP contribution >= 0.6 is 0 Å². The molecule has 10 heteroatoms. The van der Waals surface area contributed by atoms with Gasteiger partial charge in [-0.25, -0.2) is 14.4 Å². The van der Waals surface area contributed by atoms with Gasteiger partial charge in [0.05, 0.1) is 20.3 Å². The summed E-state index contributed by atoms with van der Waals surface area (Å²) in [6.45, 7) is 0.140. The van der Waals surface area contributed by atoms with E-state index in [0.29, 0.717) is 12.8 Å². The normalized spacial score (nSPS) is 22.8. The number of rotatable bonds is 7. The summed E-state index contributed by atoms with van der Waals surface area (Å²) in [6, 6.07) is 9.35. The molecule has 10 nitrogen and oxygen atoms in total. The van der Waals surface area contributed by atoms with Gasteiger partial charge in [-0.1, -0.05) is 35.5 Å². The van der Waals surface area contributed by atoms with Crippen LogP contribution in [0.2, 0.25) is 0 Å². The molecule has 0 aromatic heterocycles. The molecule has 0 atom stereocenters. The number of oxime groups is 1. The van der Waals surface area contributed by atoms with E-state index in [-0.39, 0.29) is 18.5 Å². The lowest BCUT2D eigenvalue weighted by atomic mass is 9.87. The van der Waals surface area contributed by atoms with E-state index in [1.54, 1.807) is 4.90 Å². The second kappa shape index (κ2) is 9.50. The van der Waals surface area contributed by atoms with Crippen LogP contribution in [-0.2, 0) is 35.2 Å². The van der Waals surface area contributed by atoms with E-state index in [9.17, 15) is 14.4 Å². The van der Waals surface area contributed by atoms with Gasteiger partial charge < -0.3 is 24.8 Å². The molecule has 0 spiro atoms. The third kappa shape index (κ3) is 4.62. The Bertz CT molecular complexity index is 889. The number of nitrogens with zero attached hydrogens (tertiary/aromatic N) is 2. The summed E-state index contributed by atoms with van der Waals surface area (Å²) in [4.78, 5) is 42.9. The summed E-state index contributed by atoms with van der Waals surface area (Å²) in [5.74, 6) is -2.21. The lowest BCUT2D eigenvalue weighted by Gasteiger charge is -2.33. The molecule has 0 aliphatic carbocycles. The van der Waals surface area contributed by atoms with Crippen molar-refractivity contribution >= 4 is 23.9 Å². The third-order valence-electron chi connectivity index (χ3n) is 5.57. The maximum atomic E-state index is 12.9. The molecule has 2 heterocycles. The zero-order valence-electron chi connectivity index (χ0n) is 17.4. The minimum Gasteiger partial charge on any atom is -0.466 e. The number of hydrogen-bond donors (Lipinski definition) is 1. The molecule has 2 saturated heterocycles. The van der Waals surface area contributed by atoms with Gasteiger partial charge in [-0.2, -0.15) is 0 Å². The number of carbonyl (C=O) groups excluding carboxylic acids is 3. The first-order chi connectivity index (χ1) is 14.9. The van der Waals surface area contributed by atoms with Gasteiger partial charge in [-0.05, 0) is 31.2 Å². The Morgan fingerprint density at radius 3 is 2.45 bits per heavy atom. The number of benzene rings is 1. The SMILES string of the molecule is COC(=O)C=C(ON=C(N)C12CCC(CC1)N2C(=O)OCc1ccccc1)C(=O)OC. The first kappa shape index (κ1) is 22.1. The molecule has 1 aromatic rings. The summed E-state index contributed by atoms with van der Waals surface area (Å²) in [6.07, 6.45) is 2.99. The van der Waals surface area contributed by atoms with Crippen molar-refractivity contribution in [1.82, 2.24) is 4.90 Å². The number of carbonyl (C=O) groups is 3. The van der Waals surface area contributed by atoms with Gasteiger partial charge >= 0.3 is 18.0 Å². The molecule has 0 radical (unpaired) electrons. The van der Waals surface area contributed by atoms with E-state index < -0.39 is 29.3 Å². The van der Waals surface area contributed by atoms with Crippen LogP contribution in [0.1, 0.15) is 31.2 Å². The van der Waals surface area contributed by atoms with Gasteiger partial charge in [0.15, 0.2) is 5.84 Å². The first-order valence-corrected chi connectivity index (χ1v) is 9.80. The maximum absolute atomic E-state index is 12.9. The predicted octanol–water partition coefficient (Wildman–Crippen LogP) is 1.84. The van der Waals surface area contributed by atoms with Crippen LogP contribution in [0.4, 0.5) is 4.79 Å². The van der Waals surface area contributed by atoms with E-state index in [1.165, 1.54) is 0 Å². The fraction of sp³-hybridized carbons (Fsp3) is 0.429. The predicted molar refractivity (Wildman–Crippen MR) is 108 cm³/mol. The Hall–Kier alpha value is -3.56. The topological polar surface area (TPSA) is 130 Å². The molecule has 31 heavy (non-hydrogen) atoms. The highest BCUT2D eigenvalue weighted by Crippen LogP contribution is 2.47. The number of amidine groups is 1. The minimum absolute atomic E-state index is 0.0114.